The standard InChI is InChI=1S/C14H21N5O2/c1-18-9-5-6-12(19(8-9)14(18)20)11-7-10(21-17-11)3-2-4-13(15)16/h7,9,12H,2-6,8H2,1H3,(H3,15,16)/t9-,12+/m1/s1. The van der Waals surface area contributed by atoms with Crippen molar-refractivity contribution in [2.24, 2.45) is 5.73 Å². The van der Waals surface area contributed by atoms with E-state index in [4.69, 9.17) is 15.7 Å². The second-order valence-electron chi connectivity index (χ2n) is 5.89. The highest BCUT2D eigenvalue weighted by Gasteiger charge is 2.44. The Morgan fingerprint density at radius 2 is 2.38 bits per heavy atom. The number of carbonyl (C=O) groups is 1. The molecule has 0 spiro atoms. The van der Waals surface area contributed by atoms with Crippen LogP contribution in [0.3, 0.4) is 0 Å². The molecule has 2 aliphatic rings. The normalized spacial score (nSPS) is 24.7. The van der Waals surface area contributed by atoms with E-state index in [-0.39, 0.29) is 17.9 Å². The van der Waals surface area contributed by atoms with E-state index in [0.29, 0.717) is 12.5 Å². The van der Waals surface area contributed by atoms with Crippen LogP contribution in [0.15, 0.2) is 10.6 Å². The van der Waals surface area contributed by atoms with Crippen LogP contribution in [-0.4, -0.2) is 46.5 Å². The van der Waals surface area contributed by atoms with Gasteiger partial charge < -0.3 is 20.1 Å². The van der Waals surface area contributed by atoms with Crippen LogP contribution in [0, 0.1) is 5.41 Å². The molecule has 2 bridgehead atoms. The summed E-state index contributed by atoms with van der Waals surface area (Å²) in [6.07, 6.45) is 4.00. The van der Waals surface area contributed by atoms with E-state index in [1.54, 1.807) is 0 Å². The van der Waals surface area contributed by atoms with E-state index in [2.05, 4.69) is 5.16 Å². The molecule has 2 aliphatic heterocycles. The Labute approximate surface area is 123 Å². The molecular weight excluding hydrogens is 270 g/mol. The number of fused-ring (bicyclic) bond motifs is 2. The average molecular weight is 291 g/mol. The zero-order chi connectivity index (χ0) is 15.0. The van der Waals surface area contributed by atoms with E-state index >= 15 is 0 Å². The zero-order valence-corrected chi connectivity index (χ0v) is 12.2. The van der Waals surface area contributed by atoms with Gasteiger partial charge in [0.05, 0.1) is 17.9 Å². The summed E-state index contributed by atoms with van der Waals surface area (Å²) in [4.78, 5) is 15.9. The quantitative estimate of drug-likeness (QED) is 0.634. The van der Waals surface area contributed by atoms with Gasteiger partial charge in [0.2, 0.25) is 0 Å². The van der Waals surface area contributed by atoms with E-state index in [9.17, 15) is 4.79 Å². The number of nitrogens with one attached hydrogen (secondary N) is 1. The summed E-state index contributed by atoms with van der Waals surface area (Å²) < 4.78 is 5.36. The van der Waals surface area contributed by atoms with Crippen LogP contribution in [0.5, 0.6) is 0 Å². The monoisotopic (exact) mass is 291 g/mol. The fraction of sp³-hybridized carbons (Fsp3) is 0.643. The molecule has 3 rings (SSSR count). The van der Waals surface area contributed by atoms with Gasteiger partial charge in [0.15, 0.2) is 0 Å². The summed E-state index contributed by atoms with van der Waals surface area (Å²) in [6.45, 7) is 0.784. The lowest BCUT2D eigenvalue weighted by atomic mass is 9.98. The molecule has 7 heteroatoms. The van der Waals surface area contributed by atoms with E-state index < -0.39 is 0 Å². The van der Waals surface area contributed by atoms with Gasteiger partial charge in [-0.05, 0) is 19.3 Å². The minimum atomic E-state index is 0.0315. The molecule has 0 aromatic carbocycles. The topological polar surface area (TPSA) is 99.5 Å². The molecule has 2 saturated heterocycles. The Morgan fingerprint density at radius 3 is 3.14 bits per heavy atom. The summed E-state index contributed by atoms with van der Waals surface area (Å²) in [5, 5.41) is 11.3. The van der Waals surface area contributed by atoms with E-state index in [1.807, 2.05) is 22.9 Å². The maximum atomic E-state index is 12.2. The van der Waals surface area contributed by atoms with Gasteiger partial charge in [-0.15, -0.1) is 0 Å². The Kier molecular flexibility index (Phi) is 3.57. The number of aryl methyl sites for hydroxylation is 1. The number of carbonyl (C=O) groups excluding carboxylic acids is 1. The van der Waals surface area contributed by atoms with Gasteiger partial charge >= 0.3 is 6.03 Å². The second-order valence-corrected chi connectivity index (χ2v) is 5.89. The van der Waals surface area contributed by atoms with Crippen molar-refractivity contribution in [3.63, 3.8) is 0 Å². The zero-order valence-electron chi connectivity index (χ0n) is 12.2. The van der Waals surface area contributed by atoms with Crippen LogP contribution in [0.2, 0.25) is 0 Å². The van der Waals surface area contributed by atoms with Crippen LogP contribution in [0.25, 0.3) is 0 Å². The summed E-state index contributed by atoms with van der Waals surface area (Å²) >= 11 is 0. The molecule has 0 unspecified atom stereocenters. The second kappa shape index (κ2) is 5.38. The lowest BCUT2D eigenvalue weighted by Gasteiger charge is -2.28. The first-order valence-electron chi connectivity index (χ1n) is 7.38. The van der Waals surface area contributed by atoms with Gasteiger partial charge in [0, 0.05) is 32.5 Å². The molecule has 0 saturated carbocycles. The number of nitrogens with zero attached hydrogens (tertiary/aromatic N) is 3. The number of hydrogen-bond donors (Lipinski definition) is 2. The Bertz CT molecular complexity index is 555. The van der Waals surface area contributed by atoms with Crippen molar-refractivity contribution in [3.8, 4) is 0 Å². The fourth-order valence-corrected chi connectivity index (χ4v) is 3.20. The van der Waals surface area contributed by atoms with Crippen LogP contribution in [-0.2, 0) is 6.42 Å². The van der Waals surface area contributed by atoms with E-state index in [0.717, 1.165) is 43.7 Å². The van der Waals surface area contributed by atoms with Gasteiger partial charge in [-0.2, -0.15) is 0 Å². The predicted molar refractivity (Wildman–Crippen MR) is 77.0 cm³/mol. The molecule has 2 fully saturated rings. The molecule has 3 heterocycles. The molecule has 7 nitrogen and oxygen atoms in total. The van der Waals surface area contributed by atoms with Crippen molar-refractivity contribution in [3.05, 3.63) is 17.5 Å². The number of amidine groups is 1. The number of urea groups is 1. The van der Waals surface area contributed by atoms with Crippen LogP contribution in [0.4, 0.5) is 4.79 Å². The third kappa shape index (κ3) is 2.59. The van der Waals surface area contributed by atoms with Crippen molar-refractivity contribution in [2.75, 3.05) is 13.6 Å². The molecule has 3 N–H and O–H groups in total. The van der Waals surface area contributed by atoms with Gasteiger partial charge in [0.1, 0.15) is 11.5 Å². The summed E-state index contributed by atoms with van der Waals surface area (Å²) in [7, 11) is 1.87. The number of likely N-dealkylation sites (N-methyl/N-ethyl adjacent to an activating group) is 1. The van der Waals surface area contributed by atoms with Gasteiger partial charge in [-0.1, -0.05) is 5.16 Å². The largest absolute Gasteiger partial charge is 0.388 e. The molecule has 2 amide bonds. The lowest BCUT2D eigenvalue weighted by Crippen LogP contribution is -2.34. The van der Waals surface area contributed by atoms with Crippen molar-refractivity contribution >= 4 is 11.9 Å². The summed E-state index contributed by atoms with van der Waals surface area (Å²) in [6, 6.07) is 2.40. The minimum Gasteiger partial charge on any atom is -0.388 e. The third-order valence-corrected chi connectivity index (χ3v) is 4.44. The van der Waals surface area contributed by atoms with Gasteiger partial charge in [-0.3, -0.25) is 5.41 Å². The number of nitrogens with two attached hydrogens (primary N) is 1. The number of piperidine rings is 1. The first-order valence-corrected chi connectivity index (χ1v) is 7.38. The molecule has 0 aliphatic carbocycles. The van der Waals surface area contributed by atoms with Crippen molar-refractivity contribution in [1.29, 1.82) is 5.41 Å². The van der Waals surface area contributed by atoms with Crippen LogP contribution in [0.1, 0.15) is 43.2 Å². The predicted octanol–water partition coefficient (Wildman–Crippen LogP) is 1.50. The molecule has 21 heavy (non-hydrogen) atoms. The maximum absolute atomic E-state index is 12.2. The number of rotatable bonds is 5. The highest BCUT2D eigenvalue weighted by atomic mass is 16.5. The summed E-state index contributed by atoms with van der Waals surface area (Å²) in [5.74, 6) is 0.993. The van der Waals surface area contributed by atoms with Crippen LogP contribution >= 0.6 is 0 Å². The highest BCUT2D eigenvalue weighted by molar-refractivity contribution is 5.78. The van der Waals surface area contributed by atoms with Crippen molar-refractivity contribution in [1.82, 2.24) is 15.0 Å². The molecule has 114 valence electrons. The minimum absolute atomic E-state index is 0.0315. The molecule has 2 atom stereocenters. The Balaban J connectivity index is 1.66. The molecule has 1 aromatic heterocycles. The maximum Gasteiger partial charge on any atom is 0.320 e. The Morgan fingerprint density at radius 1 is 1.57 bits per heavy atom. The van der Waals surface area contributed by atoms with Gasteiger partial charge in [0.25, 0.3) is 0 Å². The third-order valence-electron chi connectivity index (χ3n) is 4.44. The first kappa shape index (κ1) is 13.9. The molecule has 1 aromatic rings. The number of amides is 2. The van der Waals surface area contributed by atoms with Gasteiger partial charge in [-0.25, -0.2) is 4.79 Å². The number of hydrogen-bond acceptors (Lipinski definition) is 4. The van der Waals surface area contributed by atoms with Crippen molar-refractivity contribution < 1.29 is 9.32 Å². The SMILES string of the molecule is CN1C(=O)N2C[C@H]1CC[C@H]2c1cc(CCCC(=N)N)on1. The average Bonchev–Trinajstić information content (AvgIpc) is 3.00. The number of aromatic nitrogens is 1. The highest BCUT2D eigenvalue weighted by Crippen LogP contribution is 2.37. The fourth-order valence-electron chi connectivity index (χ4n) is 3.20. The first-order chi connectivity index (χ1) is 10.1. The summed E-state index contributed by atoms with van der Waals surface area (Å²) in [5.41, 5.74) is 6.18. The van der Waals surface area contributed by atoms with E-state index in [1.165, 1.54) is 0 Å². The smallest absolute Gasteiger partial charge is 0.320 e. The Hall–Kier alpha value is -2.05. The van der Waals surface area contributed by atoms with Crippen molar-refractivity contribution in [2.45, 2.75) is 44.2 Å². The van der Waals surface area contributed by atoms with Crippen LogP contribution < -0.4 is 5.73 Å². The lowest BCUT2D eigenvalue weighted by molar-refractivity contribution is 0.177. The molecular formula is C14H21N5O2. The molecule has 0 radical (unpaired) electrons.